The summed E-state index contributed by atoms with van der Waals surface area (Å²) in [5.41, 5.74) is 7.99. The Morgan fingerprint density at radius 1 is 1.10 bits per heavy atom. The molecule has 0 saturated carbocycles. The molecule has 2 aromatic rings. The average molecular weight is 281 g/mol. The highest BCUT2D eigenvalue weighted by atomic mass is 16.4. The van der Waals surface area contributed by atoms with Crippen molar-refractivity contribution in [3.8, 4) is 0 Å². The maximum atomic E-state index is 12.4. The zero-order chi connectivity index (χ0) is 15.2. The lowest BCUT2D eigenvalue weighted by atomic mass is 9.99. The van der Waals surface area contributed by atoms with Gasteiger partial charge in [-0.3, -0.25) is 9.59 Å². The van der Waals surface area contributed by atoms with Crippen LogP contribution in [0.25, 0.3) is 6.08 Å². The van der Waals surface area contributed by atoms with E-state index < -0.39 is 5.97 Å². The molecule has 0 fully saturated rings. The molecule has 0 atom stereocenters. The minimum absolute atomic E-state index is 0.0632. The van der Waals surface area contributed by atoms with Crippen LogP contribution in [-0.2, 0) is 4.79 Å². The van der Waals surface area contributed by atoms with Gasteiger partial charge >= 0.3 is 5.97 Å². The van der Waals surface area contributed by atoms with E-state index in [9.17, 15) is 9.59 Å². The minimum Gasteiger partial charge on any atom is -0.481 e. The molecule has 0 saturated heterocycles. The number of hydrogen-bond acceptors (Lipinski definition) is 3. The molecule has 2 rings (SSSR count). The predicted molar refractivity (Wildman–Crippen MR) is 82.0 cm³/mol. The van der Waals surface area contributed by atoms with Crippen LogP contribution in [0.2, 0.25) is 0 Å². The van der Waals surface area contributed by atoms with E-state index in [1.807, 2.05) is 6.07 Å². The topological polar surface area (TPSA) is 80.4 Å². The lowest BCUT2D eigenvalue weighted by molar-refractivity contribution is -0.135. The van der Waals surface area contributed by atoms with Crippen LogP contribution >= 0.6 is 0 Å². The molecule has 0 aliphatic rings. The van der Waals surface area contributed by atoms with E-state index in [4.69, 9.17) is 10.8 Å². The van der Waals surface area contributed by atoms with Gasteiger partial charge in [-0.2, -0.15) is 0 Å². The highest BCUT2D eigenvalue weighted by Gasteiger charge is 2.12. The van der Waals surface area contributed by atoms with Gasteiger partial charge in [0.25, 0.3) is 0 Å². The molecule has 0 aliphatic carbocycles. The van der Waals surface area contributed by atoms with Crippen LogP contribution in [0.3, 0.4) is 0 Å². The van der Waals surface area contributed by atoms with Crippen molar-refractivity contribution in [2.24, 2.45) is 0 Å². The number of benzene rings is 2. The van der Waals surface area contributed by atoms with Crippen LogP contribution in [0, 0.1) is 0 Å². The largest absolute Gasteiger partial charge is 0.481 e. The van der Waals surface area contributed by atoms with Crippen LogP contribution in [-0.4, -0.2) is 16.9 Å². The molecule has 0 aromatic heterocycles. The zero-order valence-electron chi connectivity index (χ0n) is 11.3. The standard InChI is InChI=1S/C17H15NO3/c18-15-10-9-12(5-4-8-16(19)20)11-14(15)17(21)13-6-2-1-3-7-13/h1-7,9-11H,8,18H2,(H,19,20). The lowest BCUT2D eigenvalue weighted by Crippen LogP contribution is -2.05. The maximum absolute atomic E-state index is 12.4. The lowest BCUT2D eigenvalue weighted by Gasteiger charge is -2.06. The van der Waals surface area contributed by atoms with Crippen LogP contribution in [0.4, 0.5) is 5.69 Å². The van der Waals surface area contributed by atoms with Crippen molar-refractivity contribution in [3.05, 3.63) is 71.3 Å². The van der Waals surface area contributed by atoms with Crippen LogP contribution in [0.1, 0.15) is 27.9 Å². The molecule has 0 spiro atoms. The van der Waals surface area contributed by atoms with Gasteiger partial charge < -0.3 is 10.8 Å². The summed E-state index contributed by atoms with van der Waals surface area (Å²) in [5.74, 6) is -1.05. The molecule has 0 bridgehead atoms. The summed E-state index contributed by atoms with van der Waals surface area (Å²) in [6.45, 7) is 0. The second kappa shape index (κ2) is 6.52. The molecule has 0 aliphatic heterocycles. The smallest absolute Gasteiger partial charge is 0.307 e. The summed E-state index contributed by atoms with van der Waals surface area (Å²) in [6, 6.07) is 13.9. The summed E-state index contributed by atoms with van der Waals surface area (Å²) in [4.78, 5) is 22.9. The fraction of sp³-hybridized carbons (Fsp3) is 0.0588. The SMILES string of the molecule is Nc1ccc(C=CCC(=O)O)cc1C(=O)c1ccccc1. The molecule has 3 N–H and O–H groups in total. The van der Waals surface area contributed by atoms with Gasteiger partial charge in [0.2, 0.25) is 0 Å². The Morgan fingerprint density at radius 2 is 1.81 bits per heavy atom. The number of aliphatic carboxylic acids is 1. The number of carbonyl (C=O) groups is 2. The zero-order valence-corrected chi connectivity index (χ0v) is 11.3. The number of nitrogens with two attached hydrogens (primary N) is 1. The van der Waals surface area contributed by atoms with Crippen LogP contribution in [0.15, 0.2) is 54.6 Å². The Labute approximate surface area is 122 Å². The fourth-order valence-electron chi connectivity index (χ4n) is 1.92. The van der Waals surface area contributed by atoms with E-state index in [-0.39, 0.29) is 12.2 Å². The van der Waals surface area contributed by atoms with Gasteiger partial charge in [0, 0.05) is 16.8 Å². The summed E-state index contributed by atoms with van der Waals surface area (Å²) in [7, 11) is 0. The third-order valence-electron chi connectivity index (χ3n) is 2.96. The highest BCUT2D eigenvalue weighted by molar-refractivity contribution is 6.12. The average Bonchev–Trinajstić information content (AvgIpc) is 2.49. The Hall–Kier alpha value is -2.88. The Kier molecular flexibility index (Phi) is 4.51. The van der Waals surface area contributed by atoms with Gasteiger partial charge in [-0.1, -0.05) is 48.6 Å². The number of carboxylic acid groups (broad SMARTS) is 1. The molecule has 2 aromatic carbocycles. The third kappa shape index (κ3) is 3.79. The van der Waals surface area contributed by atoms with Crippen LogP contribution < -0.4 is 5.73 Å². The van der Waals surface area contributed by atoms with Crippen molar-refractivity contribution in [2.75, 3.05) is 5.73 Å². The summed E-state index contributed by atoms with van der Waals surface area (Å²) >= 11 is 0. The van der Waals surface area contributed by atoms with E-state index in [1.54, 1.807) is 48.5 Å². The van der Waals surface area contributed by atoms with Crippen molar-refractivity contribution in [3.63, 3.8) is 0 Å². The molecule has 0 radical (unpaired) electrons. The van der Waals surface area contributed by atoms with Gasteiger partial charge in [-0.05, 0) is 17.7 Å². The molecule has 21 heavy (non-hydrogen) atoms. The van der Waals surface area contributed by atoms with E-state index in [1.165, 1.54) is 6.08 Å². The van der Waals surface area contributed by atoms with Gasteiger partial charge in [-0.25, -0.2) is 0 Å². The predicted octanol–water partition coefficient (Wildman–Crippen LogP) is 2.99. The number of anilines is 1. The molecule has 4 nitrogen and oxygen atoms in total. The molecule has 0 amide bonds. The maximum Gasteiger partial charge on any atom is 0.307 e. The second-order valence-electron chi connectivity index (χ2n) is 4.54. The summed E-state index contributed by atoms with van der Waals surface area (Å²) in [5, 5.41) is 8.60. The first kappa shape index (κ1) is 14.5. The van der Waals surface area contributed by atoms with Crippen molar-refractivity contribution in [2.45, 2.75) is 6.42 Å². The molecule has 0 heterocycles. The highest BCUT2D eigenvalue weighted by Crippen LogP contribution is 2.19. The van der Waals surface area contributed by atoms with Gasteiger partial charge in [0.05, 0.1) is 6.42 Å². The first-order valence-corrected chi connectivity index (χ1v) is 6.45. The summed E-state index contributed by atoms with van der Waals surface area (Å²) in [6.07, 6.45) is 3.13. The van der Waals surface area contributed by atoms with Gasteiger partial charge in [0.1, 0.15) is 0 Å². The van der Waals surface area contributed by atoms with Crippen molar-refractivity contribution >= 4 is 23.5 Å². The number of ketones is 1. The molecule has 4 heteroatoms. The number of carbonyl (C=O) groups excluding carboxylic acids is 1. The molecule has 0 unspecified atom stereocenters. The van der Waals surface area contributed by atoms with Gasteiger partial charge in [0.15, 0.2) is 5.78 Å². The van der Waals surface area contributed by atoms with E-state index in [0.717, 1.165) is 5.56 Å². The second-order valence-corrected chi connectivity index (χ2v) is 4.54. The van der Waals surface area contributed by atoms with E-state index in [0.29, 0.717) is 16.8 Å². The van der Waals surface area contributed by atoms with E-state index >= 15 is 0 Å². The first-order chi connectivity index (χ1) is 10.1. The number of nitrogen functional groups attached to an aromatic ring is 1. The number of carboxylic acids is 1. The Balaban J connectivity index is 2.29. The number of rotatable bonds is 5. The monoisotopic (exact) mass is 281 g/mol. The van der Waals surface area contributed by atoms with Crippen molar-refractivity contribution < 1.29 is 14.7 Å². The normalized spacial score (nSPS) is 10.7. The number of hydrogen-bond donors (Lipinski definition) is 2. The Bertz CT molecular complexity index is 690. The molecular formula is C17H15NO3. The Morgan fingerprint density at radius 3 is 2.48 bits per heavy atom. The van der Waals surface area contributed by atoms with E-state index in [2.05, 4.69) is 0 Å². The first-order valence-electron chi connectivity index (χ1n) is 6.45. The van der Waals surface area contributed by atoms with Gasteiger partial charge in [-0.15, -0.1) is 0 Å². The van der Waals surface area contributed by atoms with Crippen LogP contribution in [0.5, 0.6) is 0 Å². The molecule has 106 valence electrons. The molecular weight excluding hydrogens is 266 g/mol. The van der Waals surface area contributed by atoms with Crippen molar-refractivity contribution in [1.29, 1.82) is 0 Å². The fourth-order valence-corrected chi connectivity index (χ4v) is 1.92. The quantitative estimate of drug-likeness (QED) is 0.652. The van der Waals surface area contributed by atoms with Crippen molar-refractivity contribution in [1.82, 2.24) is 0 Å². The minimum atomic E-state index is -0.901. The third-order valence-corrected chi connectivity index (χ3v) is 2.96. The summed E-state index contributed by atoms with van der Waals surface area (Å²) < 4.78 is 0.